The van der Waals surface area contributed by atoms with E-state index in [0.717, 1.165) is 20.5 Å². The van der Waals surface area contributed by atoms with E-state index in [9.17, 15) is 4.79 Å². The SMILES string of the molecule is CCOC(=O)N/N=C\c1sc2ccc(Cl)cc2c1C. The van der Waals surface area contributed by atoms with E-state index in [1.165, 1.54) is 0 Å². The van der Waals surface area contributed by atoms with E-state index in [-0.39, 0.29) is 0 Å². The van der Waals surface area contributed by atoms with E-state index in [1.807, 2.05) is 25.1 Å². The number of nitrogens with one attached hydrogen (secondary N) is 1. The van der Waals surface area contributed by atoms with E-state index in [0.29, 0.717) is 11.6 Å². The molecule has 0 saturated carbocycles. The van der Waals surface area contributed by atoms with Crippen LogP contribution in [0.5, 0.6) is 0 Å². The van der Waals surface area contributed by atoms with Crippen LogP contribution in [0.15, 0.2) is 23.3 Å². The van der Waals surface area contributed by atoms with Crippen molar-refractivity contribution in [1.29, 1.82) is 0 Å². The quantitative estimate of drug-likeness (QED) is 0.689. The predicted octanol–water partition coefficient (Wildman–Crippen LogP) is 3.94. The molecule has 0 fully saturated rings. The van der Waals surface area contributed by atoms with Crippen molar-refractivity contribution in [2.24, 2.45) is 5.10 Å². The van der Waals surface area contributed by atoms with Gasteiger partial charge in [-0.05, 0) is 43.0 Å². The fourth-order valence-corrected chi connectivity index (χ4v) is 2.88. The maximum atomic E-state index is 11.1. The Morgan fingerprint density at radius 2 is 2.37 bits per heavy atom. The molecule has 4 nitrogen and oxygen atoms in total. The van der Waals surface area contributed by atoms with Gasteiger partial charge in [-0.3, -0.25) is 0 Å². The number of carbonyl (C=O) groups excluding carboxylic acids is 1. The Balaban J connectivity index is 2.19. The monoisotopic (exact) mass is 296 g/mol. The zero-order chi connectivity index (χ0) is 13.8. The first-order valence-corrected chi connectivity index (χ1v) is 6.95. The largest absolute Gasteiger partial charge is 0.449 e. The van der Waals surface area contributed by atoms with Crippen LogP contribution >= 0.6 is 22.9 Å². The van der Waals surface area contributed by atoms with Crippen molar-refractivity contribution in [3.8, 4) is 0 Å². The Bertz CT molecular complexity index is 637. The van der Waals surface area contributed by atoms with Crippen LogP contribution in [0, 0.1) is 6.92 Å². The Morgan fingerprint density at radius 1 is 1.58 bits per heavy atom. The zero-order valence-electron chi connectivity index (χ0n) is 10.6. The topological polar surface area (TPSA) is 50.7 Å². The van der Waals surface area contributed by atoms with Gasteiger partial charge in [0, 0.05) is 9.72 Å². The lowest BCUT2D eigenvalue weighted by Crippen LogP contribution is -2.18. The van der Waals surface area contributed by atoms with Gasteiger partial charge in [0.1, 0.15) is 0 Å². The van der Waals surface area contributed by atoms with E-state index in [1.54, 1.807) is 24.5 Å². The second kappa shape index (κ2) is 6.04. The van der Waals surface area contributed by atoms with E-state index in [4.69, 9.17) is 16.3 Å². The maximum Gasteiger partial charge on any atom is 0.427 e. The number of thiophene rings is 1. The summed E-state index contributed by atoms with van der Waals surface area (Å²) in [5.74, 6) is 0. The summed E-state index contributed by atoms with van der Waals surface area (Å²) < 4.78 is 5.85. The van der Waals surface area contributed by atoms with Crippen LogP contribution in [0.4, 0.5) is 4.79 Å². The van der Waals surface area contributed by atoms with Gasteiger partial charge in [-0.15, -0.1) is 11.3 Å². The third-order valence-electron chi connectivity index (χ3n) is 2.55. The number of benzene rings is 1. The fraction of sp³-hybridized carbons (Fsp3) is 0.231. The maximum absolute atomic E-state index is 11.1. The van der Waals surface area contributed by atoms with Gasteiger partial charge < -0.3 is 4.74 Å². The highest BCUT2D eigenvalue weighted by molar-refractivity contribution is 7.20. The number of hydrazone groups is 1. The molecule has 0 aliphatic carbocycles. The third kappa shape index (κ3) is 3.24. The molecule has 0 aliphatic heterocycles. The summed E-state index contributed by atoms with van der Waals surface area (Å²) in [6, 6.07) is 5.77. The average Bonchev–Trinajstić information content (AvgIpc) is 2.67. The summed E-state index contributed by atoms with van der Waals surface area (Å²) in [6.45, 7) is 4.06. The number of rotatable bonds is 3. The first kappa shape index (κ1) is 13.8. The van der Waals surface area contributed by atoms with Gasteiger partial charge >= 0.3 is 6.09 Å². The Morgan fingerprint density at radius 3 is 3.11 bits per heavy atom. The smallest absolute Gasteiger partial charge is 0.427 e. The summed E-state index contributed by atoms with van der Waals surface area (Å²) in [7, 11) is 0. The molecule has 0 radical (unpaired) electrons. The van der Waals surface area contributed by atoms with Crippen LogP contribution in [0.1, 0.15) is 17.4 Å². The second-order valence-corrected chi connectivity index (χ2v) is 5.34. The normalized spacial score (nSPS) is 11.1. The lowest BCUT2D eigenvalue weighted by atomic mass is 10.1. The molecule has 19 heavy (non-hydrogen) atoms. The molecule has 1 N–H and O–H groups in total. The van der Waals surface area contributed by atoms with E-state index in [2.05, 4.69) is 10.5 Å². The standard InChI is InChI=1S/C13H13ClN2O2S/c1-3-18-13(17)16-15-7-12-8(2)10-6-9(14)4-5-11(10)19-12/h4-7H,3H2,1-2H3,(H,16,17)/b15-7-. The molecule has 0 atom stereocenters. The number of fused-ring (bicyclic) bond motifs is 1. The van der Waals surface area contributed by atoms with Crippen LogP contribution in [-0.4, -0.2) is 18.9 Å². The van der Waals surface area contributed by atoms with Gasteiger partial charge in [-0.2, -0.15) is 5.10 Å². The number of amides is 1. The minimum absolute atomic E-state index is 0.321. The van der Waals surface area contributed by atoms with Gasteiger partial charge in [0.05, 0.1) is 17.7 Å². The van der Waals surface area contributed by atoms with Crippen LogP contribution in [0.3, 0.4) is 0 Å². The van der Waals surface area contributed by atoms with E-state index >= 15 is 0 Å². The van der Waals surface area contributed by atoms with Gasteiger partial charge in [0.2, 0.25) is 0 Å². The molecule has 0 aliphatic rings. The lowest BCUT2D eigenvalue weighted by molar-refractivity contribution is 0.152. The molecule has 1 aromatic carbocycles. The number of hydrogen-bond donors (Lipinski definition) is 1. The summed E-state index contributed by atoms with van der Waals surface area (Å²) in [4.78, 5) is 12.1. The van der Waals surface area contributed by atoms with Crippen molar-refractivity contribution in [3.63, 3.8) is 0 Å². The van der Waals surface area contributed by atoms with Crippen molar-refractivity contribution in [2.75, 3.05) is 6.61 Å². The minimum atomic E-state index is -0.555. The van der Waals surface area contributed by atoms with Gasteiger partial charge in [-0.25, -0.2) is 10.2 Å². The van der Waals surface area contributed by atoms with Crippen molar-refractivity contribution in [2.45, 2.75) is 13.8 Å². The summed E-state index contributed by atoms with van der Waals surface area (Å²) in [5.41, 5.74) is 3.40. The lowest BCUT2D eigenvalue weighted by Gasteiger charge is -1.98. The van der Waals surface area contributed by atoms with Crippen molar-refractivity contribution < 1.29 is 9.53 Å². The Labute approximate surface area is 120 Å². The molecule has 0 spiro atoms. The molecule has 1 aromatic heterocycles. The molecule has 1 heterocycles. The highest BCUT2D eigenvalue weighted by Crippen LogP contribution is 2.31. The molecule has 0 bridgehead atoms. The molecular weight excluding hydrogens is 284 g/mol. The van der Waals surface area contributed by atoms with Gasteiger partial charge in [0.15, 0.2) is 0 Å². The highest BCUT2D eigenvalue weighted by Gasteiger charge is 2.07. The highest BCUT2D eigenvalue weighted by atomic mass is 35.5. The van der Waals surface area contributed by atoms with Crippen LogP contribution < -0.4 is 5.43 Å². The summed E-state index contributed by atoms with van der Waals surface area (Å²) >= 11 is 7.58. The van der Waals surface area contributed by atoms with Crippen LogP contribution in [0.2, 0.25) is 5.02 Å². The van der Waals surface area contributed by atoms with Gasteiger partial charge in [0.25, 0.3) is 0 Å². The Hall–Kier alpha value is -1.59. The molecule has 1 amide bonds. The number of aryl methyl sites for hydroxylation is 1. The summed E-state index contributed by atoms with van der Waals surface area (Å²) in [5, 5.41) is 5.68. The molecule has 0 saturated heterocycles. The molecule has 2 aromatic rings. The van der Waals surface area contributed by atoms with Crippen LogP contribution in [-0.2, 0) is 4.74 Å². The Kier molecular flexibility index (Phi) is 4.39. The first-order valence-electron chi connectivity index (χ1n) is 5.76. The molecule has 2 rings (SSSR count). The van der Waals surface area contributed by atoms with Gasteiger partial charge in [-0.1, -0.05) is 11.6 Å². The number of carbonyl (C=O) groups is 1. The molecule has 0 unspecified atom stereocenters. The van der Waals surface area contributed by atoms with E-state index < -0.39 is 6.09 Å². The number of hydrogen-bond acceptors (Lipinski definition) is 4. The minimum Gasteiger partial charge on any atom is -0.449 e. The van der Waals surface area contributed by atoms with Crippen molar-refractivity contribution in [3.05, 3.63) is 33.7 Å². The second-order valence-electron chi connectivity index (χ2n) is 3.82. The fourth-order valence-electron chi connectivity index (χ4n) is 1.64. The van der Waals surface area contributed by atoms with Crippen LogP contribution in [0.25, 0.3) is 10.1 Å². The molecule has 100 valence electrons. The molecular formula is C13H13ClN2O2S. The number of halogens is 1. The molecule has 6 heteroatoms. The predicted molar refractivity (Wildman–Crippen MR) is 79.3 cm³/mol. The van der Waals surface area contributed by atoms with Crippen molar-refractivity contribution >= 4 is 45.3 Å². The number of ether oxygens (including phenoxy) is 1. The first-order chi connectivity index (χ1) is 9.11. The average molecular weight is 297 g/mol. The number of nitrogens with zero attached hydrogens (tertiary/aromatic N) is 1. The summed E-state index contributed by atoms with van der Waals surface area (Å²) in [6.07, 6.45) is 1.06. The zero-order valence-corrected chi connectivity index (χ0v) is 12.1. The third-order valence-corrected chi connectivity index (χ3v) is 3.99. The van der Waals surface area contributed by atoms with Crippen molar-refractivity contribution in [1.82, 2.24) is 5.43 Å².